The highest BCUT2D eigenvalue weighted by atomic mass is 16.6. The zero-order valence-electron chi connectivity index (χ0n) is 12.6. The maximum atomic E-state index is 11.2. The van der Waals surface area contributed by atoms with Crippen molar-refractivity contribution in [3.8, 4) is 0 Å². The molecule has 8 heteroatoms. The summed E-state index contributed by atoms with van der Waals surface area (Å²) >= 11 is 0. The predicted molar refractivity (Wildman–Crippen MR) is 79.6 cm³/mol. The van der Waals surface area contributed by atoms with Crippen LogP contribution < -0.4 is 10.2 Å². The van der Waals surface area contributed by atoms with Crippen molar-refractivity contribution in [1.29, 1.82) is 0 Å². The summed E-state index contributed by atoms with van der Waals surface area (Å²) in [5, 5.41) is 14.2. The molecule has 0 spiro atoms. The van der Waals surface area contributed by atoms with E-state index in [1.165, 1.54) is 6.20 Å². The Morgan fingerprint density at radius 3 is 3.00 bits per heavy atom. The van der Waals surface area contributed by atoms with E-state index in [1.54, 1.807) is 7.11 Å². The maximum Gasteiger partial charge on any atom is 0.329 e. The first-order valence-electron chi connectivity index (χ1n) is 7.09. The first kappa shape index (κ1) is 15.4. The van der Waals surface area contributed by atoms with E-state index in [1.807, 2.05) is 11.8 Å². The Balaban J connectivity index is 2.31. The van der Waals surface area contributed by atoms with Crippen molar-refractivity contribution in [1.82, 2.24) is 9.97 Å². The number of hydrogen-bond acceptors (Lipinski definition) is 7. The quantitative estimate of drug-likeness (QED) is 0.652. The van der Waals surface area contributed by atoms with Gasteiger partial charge in [-0.2, -0.15) is 4.98 Å². The van der Waals surface area contributed by atoms with Gasteiger partial charge < -0.3 is 15.0 Å². The predicted octanol–water partition coefficient (Wildman–Crippen LogP) is 1.68. The number of nitro groups is 1. The lowest BCUT2D eigenvalue weighted by Crippen LogP contribution is -2.44. The first-order valence-corrected chi connectivity index (χ1v) is 7.09. The average molecular weight is 295 g/mol. The number of aromatic nitrogens is 2. The van der Waals surface area contributed by atoms with Gasteiger partial charge >= 0.3 is 5.69 Å². The fraction of sp³-hybridized carbons (Fsp3) is 0.692. The van der Waals surface area contributed by atoms with Crippen molar-refractivity contribution in [2.24, 2.45) is 5.92 Å². The molecule has 116 valence electrons. The van der Waals surface area contributed by atoms with Gasteiger partial charge in [-0.1, -0.05) is 6.92 Å². The SMILES string of the molecule is CCNc1ncc([N+](=O)[O-])c(N2CCC(C)C(OC)C2)n1. The Labute approximate surface area is 123 Å². The van der Waals surface area contributed by atoms with Gasteiger partial charge in [0.05, 0.1) is 11.0 Å². The van der Waals surface area contributed by atoms with E-state index < -0.39 is 4.92 Å². The van der Waals surface area contributed by atoms with Crippen molar-refractivity contribution in [3.05, 3.63) is 16.3 Å². The van der Waals surface area contributed by atoms with E-state index in [9.17, 15) is 10.1 Å². The van der Waals surface area contributed by atoms with Crippen LogP contribution in [-0.2, 0) is 4.74 Å². The largest absolute Gasteiger partial charge is 0.379 e. The molecule has 0 radical (unpaired) electrons. The molecule has 0 bridgehead atoms. The minimum atomic E-state index is -0.440. The Hall–Kier alpha value is -1.96. The molecular weight excluding hydrogens is 274 g/mol. The highest BCUT2D eigenvalue weighted by Gasteiger charge is 2.31. The lowest BCUT2D eigenvalue weighted by molar-refractivity contribution is -0.384. The standard InChI is InChI=1S/C13H21N5O3/c1-4-14-13-15-7-10(18(19)20)12(16-13)17-6-5-9(2)11(8-17)21-3/h7,9,11H,4-6,8H2,1-3H3,(H,14,15,16). The van der Waals surface area contributed by atoms with Gasteiger partial charge in [-0.3, -0.25) is 10.1 Å². The minimum absolute atomic E-state index is 0.0518. The summed E-state index contributed by atoms with van der Waals surface area (Å²) in [6.45, 7) is 6.04. The number of piperidine rings is 1. The average Bonchev–Trinajstić information content (AvgIpc) is 2.48. The first-order chi connectivity index (χ1) is 10.1. The van der Waals surface area contributed by atoms with Crippen molar-refractivity contribution in [2.75, 3.05) is 37.0 Å². The number of rotatable bonds is 5. The number of nitrogens with one attached hydrogen (secondary N) is 1. The normalized spacial score (nSPS) is 22.1. The molecule has 1 aliphatic heterocycles. The third-order valence-corrected chi connectivity index (χ3v) is 3.77. The van der Waals surface area contributed by atoms with Gasteiger partial charge in [0.15, 0.2) is 0 Å². The van der Waals surface area contributed by atoms with Crippen LogP contribution in [0.3, 0.4) is 0 Å². The number of nitrogens with zero attached hydrogens (tertiary/aromatic N) is 4. The van der Waals surface area contributed by atoms with Crippen LogP contribution in [0, 0.1) is 16.0 Å². The molecule has 1 saturated heterocycles. The van der Waals surface area contributed by atoms with Gasteiger partial charge in [-0.25, -0.2) is 4.98 Å². The molecule has 21 heavy (non-hydrogen) atoms. The molecule has 0 saturated carbocycles. The topological polar surface area (TPSA) is 93.4 Å². The summed E-state index contributed by atoms with van der Waals surface area (Å²) in [6, 6.07) is 0. The molecule has 1 aromatic rings. The van der Waals surface area contributed by atoms with Crippen LogP contribution in [0.1, 0.15) is 20.3 Å². The molecule has 1 fully saturated rings. The van der Waals surface area contributed by atoms with Crippen molar-refractivity contribution < 1.29 is 9.66 Å². The summed E-state index contributed by atoms with van der Waals surface area (Å²) < 4.78 is 5.46. The number of methoxy groups -OCH3 is 1. The van der Waals surface area contributed by atoms with E-state index in [0.717, 1.165) is 13.0 Å². The Morgan fingerprint density at radius 1 is 1.62 bits per heavy atom. The highest BCUT2D eigenvalue weighted by molar-refractivity contribution is 5.59. The summed E-state index contributed by atoms with van der Waals surface area (Å²) in [5.41, 5.74) is -0.0685. The second-order valence-electron chi connectivity index (χ2n) is 5.18. The molecule has 2 unspecified atom stereocenters. The summed E-state index contributed by atoms with van der Waals surface area (Å²) in [6.07, 6.45) is 2.23. The monoisotopic (exact) mass is 295 g/mol. The second kappa shape index (κ2) is 6.66. The molecular formula is C13H21N5O3. The third-order valence-electron chi connectivity index (χ3n) is 3.77. The third kappa shape index (κ3) is 3.38. The second-order valence-corrected chi connectivity index (χ2v) is 5.18. The van der Waals surface area contributed by atoms with Crippen molar-refractivity contribution in [2.45, 2.75) is 26.4 Å². The minimum Gasteiger partial charge on any atom is -0.379 e. The summed E-state index contributed by atoms with van der Waals surface area (Å²) in [5.74, 6) is 1.20. The Morgan fingerprint density at radius 2 is 2.38 bits per heavy atom. The lowest BCUT2D eigenvalue weighted by Gasteiger charge is -2.36. The van der Waals surface area contributed by atoms with E-state index in [2.05, 4.69) is 22.2 Å². The van der Waals surface area contributed by atoms with Crippen LogP contribution in [0.4, 0.5) is 17.5 Å². The van der Waals surface area contributed by atoms with E-state index in [-0.39, 0.29) is 11.8 Å². The summed E-state index contributed by atoms with van der Waals surface area (Å²) in [4.78, 5) is 21.0. The van der Waals surface area contributed by atoms with Crippen molar-refractivity contribution >= 4 is 17.5 Å². The molecule has 2 rings (SSSR count). The fourth-order valence-electron chi connectivity index (χ4n) is 2.50. The summed E-state index contributed by atoms with van der Waals surface area (Å²) in [7, 11) is 1.67. The molecule has 0 aromatic carbocycles. The van der Waals surface area contributed by atoms with Gasteiger partial charge in [0.2, 0.25) is 11.8 Å². The molecule has 0 aliphatic carbocycles. The van der Waals surface area contributed by atoms with Crippen LogP contribution >= 0.6 is 0 Å². The molecule has 1 aliphatic rings. The molecule has 2 atom stereocenters. The van der Waals surface area contributed by atoms with Crippen molar-refractivity contribution in [3.63, 3.8) is 0 Å². The van der Waals surface area contributed by atoms with Crippen LogP contribution in [0.15, 0.2) is 6.20 Å². The molecule has 2 heterocycles. The number of hydrogen-bond donors (Lipinski definition) is 1. The van der Waals surface area contributed by atoms with Gasteiger partial charge in [0.1, 0.15) is 6.20 Å². The van der Waals surface area contributed by atoms with E-state index >= 15 is 0 Å². The molecule has 1 aromatic heterocycles. The van der Waals surface area contributed by atoms with E-state index in [0.29, 0.717) is 30.8 Å². The molecule has 1 N–H and O–H groups in total. The van der Waals surface area contributed by atoms with Crippen LogP contribution in [0.5, 0.6) is 0 Å². The van der Waals surface area contributed by atoms with Gasteiger partial charge in [0.25, 0.3) is 0 Å². The number of anilines is 2. The zero-order valence-corrected chi connectivity index (χ0v) is 12.6. The fourth-order valence-corrected chi connectivity index (χ4v) is 2.50. The maximum absolute atomic E-state index is 11.2. The van der Waals surface area contributed by atoms with Gasteiger partial charge in [0, 0.05) is 26.7 Å². The lowest BCUT2D eigenvalue weighted by atomic mass is 9.96. The smallest absolute Gasteiger partial charge is 0.329 e. The zero-order chi connectivity index (χ0) is 15.4. The van der Waals surface area contributed by atoms with Crippen LogP contribution in [0.2, 0.25) is 0 Å². The van der Waals surface area contributed by atoms with Gasteiger partial charge in [-0.15, -0.1) is 0 Å². The van der Waals surface area contributed by atoms with Gasteiger partial charge in [-0.05, 0) is 19.3 Å². The highest BCUT2D eigenvalue weighted by Crippen LogP contribution is 2.30. The van der Waals surface area contributed by atoms with E-state index in [4.69, 9.17) is 4.74 Å². The van der Waals surface area contributed by atoms with Crippen LogP contribution in [-0.4, -0.2) is 47.7 Å². The van der Waals surface area contributed by atoms with Crippen LogP contribution in [0.25, 0.3) is 0 Å². The number of ether oxygens (including phenoxy) is 1. The molecule has 0 amide bonds. The molecule has 8 nitrogen and oxygen atoms in total. The Bertz CT molecular complexity index is 511. The Kier molecular flexibility index (Phi) is 4.89.